The van der Waals surface area contributed by atoms with E-state index in [1.54, 1.807) is 12.1 Å². The van der Waals surface area contributed by atoms with Crippen LogP contribution in [0.2, 0.25) is 5.02 Å². The van der Waals surface area contributed by atoms with E-state index < -0.39 is 0 Å². The highest BCUT2D eigenvalue weighted by molar-refractivity contribution is 9.10. The molecule has 0 spiro atoms. The third-order valence-corrected chi connectivity index (χ3v) is 5.59. The lowest BCUT2D eigenvalue weighted by molar-refractivity contribution is 0.0956. The maximum absolute atomic E-state index is 13.0. The molecule has 4 rings (SSSR count). The quantitative estimate of drug-likeness (QED) is 0.239. The van der Waals surface area contributed by atoms with Crippen molar-refractivity contribution in [2.24, 2.45) is 5.10 Å². The van der Waals surface area contributed by atoms with Crippen LogP contribution in [0, 0.1) is 0 Å². The summed E-state index contributed by atoms with van der Waals surface area (Å²) in [6, 6.07) is 22.6. The number of benzene rings is 3. The van der Waals surface area contributed by atoms with Gasteiger partial charge in [-0.2, -0.15) is 5.10 Å². The standard InChI is InChI=1S/C25H19BrClN3O2/c1-2-32-24-20(26)12-16(13-21(24)27)15-28-30-25(31)19-14-23(17-8-4-3-5-9-17)29-22-11-7-6-10-18(19)22/h3-15H,2H2,1H3,(H,30,31)/b28-15+. The van der Waals surface area contributed by atoms with Crippen LogP contribution < -0.4 is 10.2 Å². The van der Waals surface area contributed by atoms with Crippen LogP contribution in [0.5, 0.6) is 5.75 Å². The number of nitrogens with zero attached hydrogens (tertiary/aromatic N) is 2. The first-order chi connectivity index (χ1) is 15.6. The zero-order valence-corrected chi connectivity index (χ0v) is 19.5. The molecular weight excluding hydrogens is 490 g/mol. The number of ether oxygens (including phenoxy) is 1. The monoisotopic (exact) mass is 507 g/mol. The Bertz CT molecular complexity index is 1290. The Hall–Kier alpha value is -3.22. The van der Waals surface area contributed by atoms with Crippen LogP contribution in [-0.2, 0) is 0 Å². The topological polar surface area (TPSA) is 63.6 Å². The number of halogens is 2. The molecular formula is C25H19BrClN3O2. The predicted molar refractivity (Wildman–Crippen MR) is 133 cm³/mol. The highest BCUT2D eigenvalue weighted by Crippen LogP contribution is 2.34. The third kappa shape index (κ3) is 4.82. The number of rotatable bonds is 6. The lowest BCUT2D eigenvalue weighted by atomic mass is 10.0. The van der Waals surface area contributed by atoms with E-state index in [1.165, 1.54) is 6.21 Å². The maximum Gasteiger partial charge on any atom is 0.272 e. The van der Waals surface area contributed by atoms with Crippen LogP contribution in [0.25, 0.3) is 22.2 Å². The Labute approximate surface area is 199 Å². The summed E-state index contributed by atoms with van der Waals surface area (Å²) in [7, 11) is 0. The van der Waals surface area contributed by atoms with E-state index >= 15 is 0 Å². The number of pyridine rings is 1. The maximum atomic E-state index is 13.0. The molecule has 160 valence electrons. The summed E-state index contributed by atoms with van der Waals surface area (Å²) >= 11 is 9.73. The minimum atomic E-state index is -0.326. The number of amides is 1. The van der Waals surface area contributed by atoms with Crippen molar-refractivity contribution in [3.63, 3.8) is 0 Å². The fourth-order valence-corrected chi connectivity index (χ4v) is 4.27. The molecule has 32 heavy (non-hydrogen) atoms. The summed E-state index contributed by atoms with van der Waals surface area (Å²) in [5, 5.41) is 5.34. The molecule has 0 unspecified atom stereocenters. The van der Waals surface area contributed by atoms with Crippen molar-refractivity contribution in [2.45, 2.75) is 6.92 Å². The van der Waals surface area contributed by atoms with Crippen molar-refractivity contribution in [1.29, 1.82) is 0 Å². The lowest BCUT2D eigenvalue weighted by Crippen LogP contribution is -2.18. The van der Waals surface area contributed by atoms with E-state index in [4.69, 9.17) is 21.3 Å². The van der Waals surface area contributed by atoms with E-state index in [9.17, 15) is 4.79 Å². The van der Waals surface area contributed by atoms with Gasteiger partial charge in [0.05, 0.1) is 39.1 Å². The summed E-state index contributed by atoms with van der Waals surface area (Å²) in [4.78, 5) is 17.7. The van der Waals surface area contributed by atoms with Gasteiger partial charge < -0.3 is 4.74 Å². The highest BCUT2D eigenvalue weighted by atomic mass is 79.9. The second kappa shape index (κ2) is 9.94. The molecule has 0 saturated heterocycles. The SMILES string of the molecule is CCOc1c(Cl)cc(/C=N/NC(=O)c2cc(-c3ccccc3)nc3ccccc23)cc1Br. The van der Waals surface area contributed by atoms with Crippen LogP contribution >= 0.6 is 27.5 Å². The Kier molecular flexibility index (Phi) is 6.83. The van der Waals surface area contributed by atoms with Crippen LogP contribution in [-0.4, -0.2) is 23.7 Å². The number of aromatic nitrogens is 1. The van der Waals surface area contributed by atoms with Gasteiger partial charge in [0.15, 0.2) is 5.75 Å². The van der Waals surface area contributed by atoms with Gasteiger partial charge in [-0.25, -0.2) is 10.4 Å². The van der Waals surface area contributed by atoms with Crippen LogP contribution in [0.15, 0.2) is 82.4 Å². The number of nitrogens with one attached hydrogen (secondary N) is 1. The second-order valence-corrected chi connectivity index (χ2v) is 8.15. The van der Waals surface area contributed by atoms with Crippen molar-refractivity contribution < 1.29 is 9.53 Å². The van der Waals surface area contributed by atoms with Gasteiger partial charge in [-0.3, -0.25) is 4.79 Å². The predicted octanol–water partition coefficient (Wildman–Crippen LogP) is 6.48. The number of para-hydroxylation sites is 1. The smallest absolute Gasteiger partial charge is 0.272 e. The molecule has 0 aliphatic rings. The molecule has 5 nitrogen and oxygen atoms in total. The van der Waals surface area contributed by atoms with Crippen molar-refractivity contribution in [3.8, 4) is 17.0 Å². The van der Waals surface area contributed by atoms with Crippen LogP contribution in [0.4, 0.5) is 0 Å². The number of hydrogen-bond acceptors (Lipinski definition) is 4. The number of carbonyl (C=O) groups is 1. The first kappa shape index (κ1) is 22.0. The summed E-state index contributed by atoms with van der Waals surface area (Å²) in [5.41, 5.74) is 6.22. The van der Waals surface area contributed by atoms with Gasteiger partial charge in [0, 0.05) is 10.9 Å². The van der Waals surface area contributed by atoms with Gasteiger partial charge in [0.2, 0.25) is 0 Å². The molecule has 0 radical (unpaired) electrons. The molecule has 1 aromatic heterocycles. The Morgan fingerprint density at radius 2 is 1.88 bits per heavy atom. The summed E-state index contributed by atoms with van der Waals surface area (Å²) in [6.45, 7) is 2.40. The molecule has 0 saturated carbocycles. The van der Waals surface area contributed by atoms with E-state index in [2.05, 4.69) is 26.5 Å². The van der Waals surface area contributed by atoms with Crippen molar-refractivity contribution >= 4 is 50.6 Å². The van der Waals surface area contributed by atoms with Crippen LogP contribution in [0.3, 0.4) is 0 Å². The van der Waals surface area contributed by atoms with E-state index in [1.807, 2.05) is 67.6 Å². The largest absolute Gasteiger partial charge is 0.491 e. The lowest BCUT2D eigenvalue weighted by Gasteiger charge is -2.09. The molecule has 1 amide bonds. The van der Waals surface area contributed by atoms with E-state index in [0.717, 1.165) is 27.7 Å². The molecule has 7 heteroatoms. The zero-order valence-electron chi connectivity index (χ0n) is 17.2. The fraction of sp³-hybridized carbons (Fsp3) is 0.0800. The van der Waals surface area contributed by atoms with Gasteiger partial charge in [-0.05, 0) is 52.7 Å². The van der Waals surface area contributed by atoms with Crippen molar-refractivity contribution in [2.75, 3.05) is 6.61 Å². The van der Waals surface area contributed by atoms with Crippen LogP contribution in [0.1, 0.15) is 22.8 Å². The Morgan fingerprint density at radius 3 is 2.62 bits per heavy atom. The first-order valence-corrected chi connectivity index (χ1v) is 11.1. The fourth-order valence-electron chi connectivity index (χ4n) is 3.28. The van der Waals surface area contributed by atoms with Gasteiger partial charge in [0.1, 0.15) is 0 Å². The molecule has 3 aromatic carbocycles. The minimum absolute atomic E-state index is 0.326. The molecule has 1 heterocycles. The van der Waals surface area contributed by atoms with E-state index in [-0.39, 0.29) is 5.91 Å². The number of hydrogen-bond donors (Lipinski definition) is 1. The highest BCUT2D eigenvalue weighted by Gasteiger charge is 2.14. The van der Waals surface area contributed by atoms with Crippen molar-refractivity contribution in [1.82, 2.24) is 10.4 Å². The Morgan fingerprint density at radius 1 is 1.12 bits per heavy atom. The number of carbonyl (C=O) groups excluding carboxylic acids is 1. The average Bonchev–Trinajstić information content (AvgIpc) is 2.81. The van der Waals surface area contributed by atoms with Gasteiger partial charge in [0.25, 0.3) is 5.91 Å². The molecule has 0 aliphatic heterocycles. The molecule has 0 aliphatic carbocycles. The normalized spacial score (nSPS) is 11.1. The third-order valence-electron chi connectivity index (χ3n) is 4.72. The van der Waals surface area contributed by atoms with Gasteiger partial charge in [-0.1, -0.05) is 60.1 Å². The second-order valence-electron chi connectivity index (χ2n) is 6.88. The summed E-state index contributed by atoms with van der Waals surface area (Å²) in [5.74, 6) is 0.250. The molecule has 1 N–H and O–H groups in total. The molecule has 0 fully saturated rings. The number of fused-ring (bicyclic) bond motifs is 1. The van der Waals surface area contributed by atoms with Gasteiger partial charge in [-0.15, -0.1) is 0 Å². The molecule has 4 aromatic rings. The zero-order chi connectivity index (χ0) is 22.5. The molecule has 0 atom stereocenters. The minimum Gasteiger partial charge on any atom is -0.491 e. The average molecular weight is 509 g/mol. The number of hydrazone groups is 1. The first-order valence-electron chi connectivity index (χ1n) is 9.97. The Balaban J connectivity index is 1.62. The summed E-state index contributed by atoms with van der Waals surface area (Å²) < 4.78 is 6.23. The summed E-state index contributed by atoms with van der Waals surface area (Å²) in [6.07, 6.45) is 1.53. The van der Waals surface area contributed by atoms with Crippen molar-refractivity contribution in [3.05, 3.63) is 93.4 Å². The molecule has 0 bridgehead atoms. The van der Waals surface area contributed by atoms with Gasteiger partial charge >= 0.3 is 0 Å². The van der Waals surface area contributed by atoms with E-state index in [0.29, 0.717) is 27.4 Å².